The molecule has 0 heterocycles. The summed E-state index contributed by atoms with van der Waals surface area (Å²) in [7, 11) is 0. The van der Waals surface area contributed by atoms with Crippen molar-refractivity contribution >= 4 is 5.69 Å². The van der Waals surface area contributed by atoms with Gasteiger partial charge in [-0.25, -0.2) is 0 Å². The molecule has 0 aliphatic rings. The molecule has 1 rings (SSSR count). The number of hydrogen-bond donors (Lipinski definition) is 1. The maximum absolute atomic E-state index is 13.6. The van der Waals surface area contributed by atoms with Crippen molar-refractivity contribution in [2.24, 2.45) is 0 Å². The molecule has 0 radical (unpaired) electrons. The van der Waals surface area contributed by atoms with Crippen LogP contribution in [0.25, 0.3) is 0 Å². The molecule has 0 fully saturated rings. The average molecular weight is 296 g/mol. The number of halogens is 4. The van der Waals surface area contributed by atoms with Crippen molar-refractivity contribution in [2.45, 2.75) is 12.7 Å². The predicted octanol–water partition coefficient (Wildman–Crippen LogP) is 2.40. The van der Waals surface area contributed by atoms with Gasteiger partial charge in [-0.2, -0.15) is 17.6 Å². The van der Waals surface area contributed by atoms with Crippen LogP contribution in [-0.2, 0) is 11.3 Å². The van der Waals surface area contributed by atoms with E-state index in [0.717, 1.165) is 6.07 Å². The molecule has 20 heavy (non-hydrogen) atoms. The first-order chi connectivity index (χ1) is 9.31. The number of alkyl halides is 3. The van der Waals surface area contributed by atoms with Crippen LogP contribution in [-0.4, -0.2) is 30.9 Å². The third-order valence-corrected chi connectivity index (χ3v) is 2.26. The highest BCUT2D eigenvalue weighted by molar-refractivity contribution is 5.36. The van der Waals surface area contributed by atoms with Crippen LogP contribution in [0.4, 0.5) is 23.2 Å². The van der Waals surface area contributed by atoms with Crippen LogP contribution in [0.5, 0.6) is 0 Å². The molecule has 0 saturated heterocycles. The van der Waals surface area contributed by atoms with E-state index in [4.69, 9.17) is 0 Å². The van der Waals surface area contributed by atoms with Gasteiger partial charge in [-0.05, 0) is 0 Å². The van der Waals surface area contributed by atoms with Gasteiger partial charge in [-0.15, -0.1) is 0 Å². The molecule has 9 heteroatoms. The second-order valence-electron chi connectivity index (χ2n) is 3.85. The highest BCUT2D eigenvalue weighted by Gasteiger charge is 2.27. The first-order valence-corrected chi connectivity index (χ1v) is 5.58. The van der Waals surface area contributed by atoms with Crippen molar-refractivity contribution in [3.63, 3.8) is 0 Å². The number of rotatable bonds is 7. The molecule has 0 saturated carbocycles. The lowest BCUT2D eigenvalue weighted by Gasteiger charge is -2.09. The van der Waals surface area contributed by atoms with Crippen molar-refractivity contribution in [3.05, 3.63) is 39.7 Å². The standard InChI is InChI=1S/C11H12F4N2O3/c12-10-8(2-1-3-9(10)17(18)19)6-16-4-5-20-7-11(13,14)15/h1-3,16H,4-7H2. The van der Waals surface area contributed by atoms with Crippen LogP contribution in [0, 0.1) is 15.9 Å². The largest absolute Gasteiger partial charge is 0.411 e. The fraction of sp³-hybridized carbons (Fsp3) is 0.455. The quantitative estimate of drug-likeness (QED) is 0.363. The van der Waals surface area contributed by atoms with E-state index in [1.807, 2.05) is 0 Å². The molecule has 1 N–H and O–H groups in total. The lowest BCUT2D eigenvalue weighted by atomic mass is 10.2. The van der Waals surface area contributed by atoms with E-state index < -0.39 is 29.2 Å². The normalized spacial score (nSPS) is 11.6. The van der Waals surface area contributed by atoms with Gasteiger partial charge in [0, 0.05) is 24.7 Å². The lowest BCUT2D eigenvalue weighted by molar-refractivity contribution is -0.387. The minimum atomic E-state index is -4.38. The van der Waals surface area contributed by atoms with Gasteiger partial charge in [0.05, 0.1) is 11.5 Å². The number of nitro groups is 1. The fourth-order valence-corrected chi connectivity index (χ4v) is 1.40. The van der Waals surface area contributed by atoms with Crippen molar-refractivity contribution < 1.29 is 27.2 Å². The molecule has 0 spiro atoms. The maximum Gasteiger partial charge on any atom is 0.411 e. The highest BCUT2D eigenvalue weighted by atomic mass is 19.4. The molecule has 0 bridgehead atoms. The molecule has 0 aliphatic heterocycles. The number of ether oxygens (including phenoxy) is 1. The molecule has 0 unspecified atom stereocenters. The summed E-state index contributed by atoms with van der Waals surface area (Å²) in [5.41, 5.74) is -0.576. The lowest BCUT2D eigenvalue weighted by Crippen LogP contribution is -2.24. The van der Waals surface area contributed by atoms with E-state index in [0.29, 0.717) is 0 Å². The Bertz CT molecular complexity index is 465. The van der Waals surface area contributed by atoms with Gasteiger partial charge in [0.25, 0.3) is 0 Å². The molecule has 1 aromatic rings. The Labute approximate surface area is 111 Å². The van der Waals surface area contributed by atoms with E-state index in [9.17, 15) is 27.7 Å². The minimum Gasteiger partial charge on any atom is -0.371 e. The van der Waals surface area contributed by atoms with Crippen molar-refractivity contribution in [2.75, 3.05) is 19.8 Å². The van der Waals surface area contributed by atoms with E-state index >= 15 is 0 Å². The van der Waals surface area contributed by atoms with Crippen molar-refractivity contribution in [3.8, 4) is 0 Å². The Kier molecular flexibility index (Phi) is 5.83. The zero-order valence-electron chi connectivity index (χ0n) is 10.2. The predicted molar refractivity (Wildman–Crippen MR) is 61.6 cm³/mol. The van der Waals surface area contributed by atoms with Gasteiger partial charge in [0.15, 0.2) is 0 Å². The first kappa shape index (κ1) is 16.3. The molecule has 5 nitrogen and oxygen atoms in total. The maximum atomic E-state index is 13.6. The highest BCUT2D eigenvalue weighted by Crippen LogP contribution is 2.19. The molecule has 0 aliphatic carbocycles. The summed E-state index contributed by atoms with van der Waals surface area (Å²) in [4.78, 5) is 9.66. The summed E-state index contributed by atoms with van der Waals surface area (Å²) in [6.45, 7) is -1.52. The van der Waals surface area contributed by atoms with Gasteiger partial charge in [0.2, 0.25) is 5.82 Å². The van der Waals surface area contributed by atoms with Crippen LogP contribution in [0.15, 0.2) is 18.2 Å². The number of nitrogens with zero attached hydrogens (tertiary/aromatic N) is 1. The Morgan fingerprint density at radius 2 is 2.05 bits per heavy atom. The average Bonchev–Trinajstić information content (AvgIpc) is 2.33. The van der Waals surface area contributed by atoms with Gasteiger partial charge >= 0.3 is 11.9 Å². The molecule has 112 valence electrons. The zero-order valence-corrected chi connectivity index (χ0v) is 10.2. The second-order valence-corrected chi connectivity index (χ2v) is 3.85. The number of nitro benzene ring substituents is 1. The third kappa shape index (κ3) is 5.49. The van der Waals surface area contributed by atoms with E-state index in [-0.39, 0.29) is 25.3 Å². The van der Waals surface area contributed by atoms with Crippen LogP contribution >= 0.6 is 0 Å². The minimum absolute atomic E-state index is 0.0388. The van der Waals surface area contributed by atoms with Crippen LogP contribution in [0.2, 0.25) is 0 Å². The molecule has 0 aromatic heterocycles. The number of benzene rings is 1. The van der Waals surface area contributed by atoms with Crippen LogP contribution < -0.4 is 5.32 Å². The topological polar surface area (TPSA) is 64.4 Å². The van der Waals surface area contributed by atoms with E-state index in [1.165, 1.54) is 12.1 Å². The van der Waals surface area contributed by atoms with Crippen LogP contribution in [0.1, 0.15) is 5.56 Å². The monoisotopic (exact) mass is 296 g/mol. The third-order valence-electron chi connectivity index (χ3n) is 2.26. The fourth-order valence-electron chi connectivity index (χ4n) is 1.40. The zero-order chi connectivity index (χ0) is 15.2. The number of nitrogens with one attached hydrogen (secondary N) is 1. The molecule has 0 amide bonds. The van der Waals surface area contributed by atoms with Crippen LogP contribution in [0.3, 0.4) is 0 Å². The van der Waals surface area contributed by atoms with Gasteiger partial charge in [0.1, 0.15) is 6.61 Å². The van der Waals surface area contributed by atoms with Gasteiger partial charge < -0.3 is 10.1 Å². The molecular weight excluding hydrogens is 284 g/mol. The van der Waals surface area contributed by atoms with E-state index in [2.05, 4.69) is 10.1 Å². The Balaban J connectivity index is 2.36. The summed E-state index contributed by atoms with van der Waals surface area (Å²) >= 11 is 0. The van der Waals surface area contributed by atoms with Gasteiger partial charge in [-0.1, -0.05) is 12.1 Å². The molecule has 1 aromatic carbocycles. The van der Waals surface area contributed by atoms with Gasteiger partial charge in [-0.3, -0.25) is 10.1 Å². The summed E-state index contributed by atoms with van der Waals surface area (Å²) in [5, 5.41) is 13.1. The Morgan fingerprint density at radius 3 is 2.65 bits per heavy atom. The smallest absolute Gasteiger partial charge is 0.371 e. The first-order valence-electron chi connectivity index (χ1n) is 5.58. The molecule has 0 atom stereocenters. The second kappa shape index (κ2) is 7.15. The van der Waals surface area contributed by atoms with Crippen molar-refractivity contribution in [1.29, 1.82) is 0 Å². The van der Waals surface area contributed by atoms with E-state index in [1.54, 1.807) is 0 Å². The number of hydrogen-bond acceptors (Lipinski definition) is 4. The summed E-state index contributed by atoms with van der Waals surface area (Å²) in [6.07, 6.45) is -4.38. The SMILES string of the molecule is O=[N+]([O-])c1cccc(CNCCOCC(F)(F)F)c1F. The Hall–Kier alpha value is -1.74. The summed E-state index contributed by atoms with van der Waals surface area (Å²) in [6, 6.07) is 3.72. The summed E-state index contributed by atoms with van der Waals surface area (Å²) < 4.78 is 53.2. The van der Waals surface area contributed by atoms with Crippen molar-refractivity contribution in [1.82, 2.24) is 5.32 Å². The Morgan fingerprint density at radius 1 is 1.35 bits per heavy atom. The summed E-state index contributed by atoms with van der Waals surface area (Å²) in [5.74, 6) is -0.957. The molecular formula is C11H12F4N2O3.